The molecule has 0 fully saturated rings. The number of carbonyl (C=O) groups excluding carboxylic acids is 1. The van der Waals surface area contributed by atoms with Crippen molar-refractivity contribution < 1.29 is 9.53 Å². The predicted molar refractivity (Wildman–Crippen MR) is 63.3 cm³/mol. The van der Waals surface area contributed by atoms with Gasteiger partial charge in [-0.05, 0) is 12.1 Å². The van der Waals surface area contributed by atoms with Gasteiger partial charge in [-0.15, -0.1) is 6.42 Å². The third-order valence-electron chi connectivity index (χ3n) is 1.87. The molecule has 4 nitrogen and oxygen atoms in total. The molecule has 0 radical (unpaired) electrons. The molecule has 0 atom stereocenters. The van der Waals surface area contributed by atoms with Crippen LogP contribution in [0.2, 0.25) is 0 Å². The van der Waals surface area contributed by atoms with Gasteiger partial charge >= 0.3 is 0 Å². The van der Waals surface area contributed by atoms with Gasteiger partial charge in [-0.25, -0.2) is 0 Å². The summed E-state index contributed by atoms with van der Waals surface area (Å²) in [5, 5.41) is 5.53. The molecule has 1 amide bonds. The standard InChI is InChI=1S/C12H14N2O2/c1-3-7-13-9-12(15)14-10-5-4-6-11(8-10)16-2/h1,4-6,8,13H,7,9H2,2H3,(H,14,15). The van der Waals surface area contributed by atoms with E-state index < -0.39 is 0 Å². The molecule has 0 unspecified atom stereocenters. The van der Waals surface area contributed by atoms with Crippen LogP contribution in [0.25, 0.3) is 0 Å². The second-order valence-electron chi connectivity index (χ2n) is 3.09. The van der Waals surface area contributed by atoms with Crippen LogP contribution in [-0.2, 0) is 4.79 Å². The zero-order valence-electron chi connectivity index (χ0n) is 9.12. The normalized spacial score (nSPS) is 9.25. The number of terminal acetylenes is 1. The van der Waals surface area contributed by atoms with Gasteiger partial charge < -0.3 is 10.1 Å². The smallest absolute Gasteiger partial charge is 0.238 e. The Bertz CT molecular complexity index is 396. The van der Waals surface area contributed by atoms with Crippen molar-refractivity contribution in [3.8, 4) is 18.1 Å². The lowest BCUT2D eigenvalue weighted by Crippen LogP contribution is -2.28. The number of ether oxygens (including phenoxy) is 1. The molecule has 0 aliphatic carbocycles. The fourth-order valence-corrected chi connectivity index (χ4v) is 1.15. The highest BCUT2D eigenvalue weighted by Gasteiger charge is 2.01. The largest absolute Gasteiger partial charge is 0.497 e. The van der Waals surface area contributed by atoms with E-state index in [4.69, 9.17) is 11.2 Å². The van der Waals surface area contributed by atoms with Crippen molar-refractivity contribution in [1.82, 2.24) is 5.32 Å². The van der Waals surface area contributed by atoms with E-state index in [1.54, 1.807) is 19.2 Å². The Kier molecular flexibility index (Phi) is 4.90. The summed E-state index contributed by atoms with van der Waals surface area (Å²) in [4.78, 5) is 11.4. The summed E-state index contributed by atoms with van der Waals surface area (Å²) in [6.45, 7) is 0.576. The molecule has 1 aromatic rings. The molecule has 1 aromatic carbocycles. The quantitative estimate of drug-likeness (QED) is 0.569. The predicted octanol–water partition coefficient (Wildman–Crippen LogP) is 0.856. The monoisotopic (exact) mass is 218 g/mol. The van der Waals surface area contributed by atoms with Crippen molar-refractivity contribution in [3.05, 3.63) is 24.3 Å². The number of benzene rings is 1. The topological polar surface area (TPSA) is 50.4 Å². The van der Waals surface area contributed by atoms with Crippen molar-refractivity contribution in [1.29, 1.82) is 0 Å². The minimum atomic E-state index is -0.136. The summed E-state index contributed by atoms with van der Waals surface area (Å²) < 4.78 is 5.04. The third kappa shape index (κ3) is 4.03. The molecule has 0 aromatic heterocycles. The number of hydrogen-bond donors (Lipinski definition) is 2. The molecule has 1 rings (SSSR count). The maximum Gasteiger partial charge on any atom is 0.238 e. The molecule has 0 bridgehead atoms. The molecule has 0 aliphatic rings. The van der Waals surface area contributed by atoms with Crippen LogP contribution >= 0.6 is 0 Å². The average Bonchev–Trinajstić information content (AvgIpc) is 2.29. The van der Waals surface area contributed by atoms with E-state index in [0.29, 0.717) is 18.0 Å². The van der Waals surface area contributed by atoms with Gasteiger partial charge in [0.2, 0.25) is 5.91 Å². The molecule has 0 spiro atoms. The van der Waals surface area contributed by atoms with Crippen molar-refractivity contribution >= 4 is 11.6 Å². The van der Waals surface area contributed by atoms with Crippen LogP contribution in [0.15, 0.2) is 24.3 Å². The van der Waals surface area contributed by atoms with Crippen LogP contribution in [0.3, 0.4) is 0 Å². The van der Waals surface area contributed by atoms with Gasteiger partial charge in [0.15, 0.2) is 0 Å². The first-order valence-electron chi connectivity index (χ1n) is 4.84. The number of anilines is 1. The maximum absolute atomic E-state index is 11.4. The molecule has 0 heterocycles. The first kappa shape index (κ1) is 12.1. The van der Waals surface area contributed by atoms with Crippen molar-refractivity contribution in [2.45, 2.75) is 0 Å². The first-order valence-corrected chi connectivity index (χ1v) is 4.84. The molecule has 2 N–H and O–H groups in total. The van der Waals surface area contributed by atoms with E-state index in [1.165, 1.54) is 0 Å². The fourth-order valence-electron chi connectivity index (χ4n) is 1.15. The average molecular weight is 218 g/mol. The van der Waals surface area contributed by atoms with Crippen molar-refractivity contribution in [3.63, 3.8) is 0 Å². The Balaban J connectivity index is 2.46. The summed E-state index contributed by atoms with van der Waals surface area (Å²) >= 11 is 0. The first-order chi connectivity index (χ1) is 7.76. The summed E-state index contributed by atoms with van der Waals surface area (Å²) in [5.41, 5.74) is 0.701. The highest BCUT2D eigenvalue weighted by atomic mass is 16.5. The van der Waals surface area contributed by atoms with Crippen LogP contribution < -0.4 is 15.4 Å². The molecule has 0 saturated carbocycles. The van der Waals surface area contributed by atoms with E-state index in [-0.39, 0.29) is 12.5 Å². The van der Waals surface area contributed by atoms with E-state index in [9.17, 15) is 4.79 Å². The number of hydrogen-bond acceptors (Lipinski definition) is 3. The fraction of sp³-hybridized carbons (Fsp3) is 0.250. The third-order valence-corrected chi connectivity index (χ3v) is 1.87. The van der Waals surface area contributed by atoms with Gasteiger partial charge in [-0.2, -0.15) is 0 Å². The van der Waals surface area contributed by atoms with Gasteiger partial charge in [0.05, 0.1) is 20.2 Å². The van der Waals surface area contributed by atoms with Crippen LogP contribution in [0.1, 0.15) is 0 Å². The number of rotatable bonds is 5. The number of methoxy groups -OCH3 is 1. The number of nitrogens with one attached hydrogen (secondary N) is 2. The van der Waals surface area contributed by atoms with Crippen LogP contribution in [0.4, 0.5) is 5.69 Å². The SMILES string of the molecule is C#CCNCC(=O)Nc1cccc(OC)c1. The van der Waals surface area contributed by atoms with E-state index in [1.807, 2.05) is 12.1 Å². The Morgan fingerprint density at radius 1 is 1.56 bits per heavy atom. The Hall–Kier alpha value is -1.99. The van der Waals surface area contributed by atoms with Crippen LogP contribution in [0, 0.1) is 12.3 Å². The van der Waals surface area contributed by atoms with Crippen LogP contribution in [0.5, 0.6) is 5.75 Å². The Morgan fingerprint density at radius 3 is 3.06 bits per heavy atom. The molecular formula is C12H14N2O2. The van der Waals surface area contributed by atoms with E-state index in [0.717, 1.165) is 0 Å². The second kappa shape index (κ2) is 6.49. The zero-order chi connectivity index (χ0) is 11.8. The zero-order valence-corrected chi connectivity index (χ0v) is 9.12. The molecule has 84 valence electrons. The van der Waals surface area contributed by atoms with Crippen molar-refractivity contribution in [2.75, 3.05) is 25.5 Å². The van der Waals surface area contributed by atoms with Gasteiger partial charge in [-0.3, -0.25) is 10.1 Å². The van der Waals surface area contributed by atoms with Gasteiger partial charge in [0.25, 0.3) is 0 Å². The lowest BCUT2D eigenvalue weighted by atomic mass is 10.3. The highest BCUT2D eigenvalue weighted by molar-refractivity contribution is 5.92. The van der Waals surface area contributed by atoms with E-state index >= 15 is 0 Å². The van der Waals surface area contributed by atoms with Gasteiger partial charge in [0.1, 0.15) is 5.75 Å². The molecule has 4 heteroatoms. The van der Waals surface area contributed by atoms with Crippen molar-refractivity contribution in [2.24, 2.45) is 0 Å². The van der Waals surface area contributed by atoms with Gasteiger partial charge in [0, 0.05) is 11.8 Å². The lowest BCUT2D eigenvalue weighted by molar-refractivity contribution is -0.115. The summed E-state index contributed by atoms with van der Waals surface area (Å²) in [5.74, 6) is 2.96. The Labute approximate surface area is 95.0 Å². The molecular weight excluding hydrogens is 204 g/mol. The molecule has 16 heavy (non-hydrogen) atoms. The summed E-state index contributed by atoms with van der Waals surface area (Å²) in [6, 6.07) is 7.16. The van der Waals surface area contributed by atoms with Crippen LogP contribution in [-0.4, -0.2) is 26.1 Å². The molecule has 0 saturated heterocycles. The number of carbonyl (C=O) groups is 1. The number of amides is 1. The van der Waals surface area contributed by atoms with Gasteiger partial charge in [-0.1, -0.05) is 12.0 Å². The highest BCUT2D eigenvalue weighted by Crippen LogP contribution is 2.16. The van der Waals surface area contributed by atoms with E-state index in [2.05, 4.69) is 16.6 Å². The summed E-state index contributed by atoms with van der Waals surface area (Å²) in [7, 11) is 1.58. The summed E-state index contributed by atoms with van der Waals surface area (Å²) in [6.07, 6.45) is 5.04. The maximum atomic E-state index is 11.4. The second-order valence-corrected chi connectivity index (χ2v) is 3.09. The minimum absolute atomic E-state index is 0.136. The molecule has 0 aliphatic heterocycles. The lowest BCUT2D eigenvalue weighted by Gasteiger charge is -2.06. The Morgan fingerprint density at radius 2 is 2.38 bits per heavy atom. The minimum Gasteiger partial charge on any atom is -0.497 e.